The minimum atomic E-state index is -0.475. The van der Waals surface area contributed by atoms with Crippen LogP contribution < -0.4 is 10.1 Å². The van der Waals surface area contributed by atoms with Crippen molar-refractivity contribution < 1.29 is 23.1 Å². The lowest BCUT2D eigenvalue weighted by atomic mass is 10.1. The number of anilines is 1. The van der Waals surface area contributed by atoms with Crippen LogP contribution >= 0.6 is 0 Å². The van der Waals surface area contributed by atoms with Crippen LogP contribution in [0.5, 0.6) is 5.75 Å². The van der Waals surface area contributed by atoms with Crippen molar-refractivity contribution in [1.82, 2.24) is 4.90 Å². The van der Waals surface area contributed by atoms with E-state index in [0.29, 0.717) is 16.8 Å². The molecule has 0 radical (unpaired) electrons. The monoisotopic (exact) mass is 382 g/mol. The fraction of sp³-hybridized carbons (Fsp3) is 0.143. The Kier molecular flexibility index (Phi) is 5.74. The lowest BCUT2D eigenvalue weighted by Crippen LogP contribution is -2.26. The van der Waals surface area contributed by atoms with Crippen LogP contribution in [0.25, 0.3) is 0 Å². The lowest BCUT2D eigenvalue weighted by Gasteiger charge is -2.18. The highest BCUT2D eigenvalue weighted by Gasteiger charge is 2.14. The third-order valence-corrected chi connectivity index (χ3v) is 4.12. The van der Waals surface area contributed by atoms with Gasteiger partial charge >= 0.3 is 0 Å². The Bertz CT molecular complexity index is 969. The van der Waals surface area contributed by atoms with Gasteiger partial charge in [0.15, 0.2) is 17.3 Å². The number of methoxy groups -OCH3 is 1. The summed E-state index contributed by atoms with van der Waals surface area (Å²) in [5.41, 5.74) is 1.64. The molecule has 2 amide bonds. The third kappa shape index (κ3) is 4.37. The van der Waals surface area contributed by atoms with E-state index in [2.05, 4.69) is 5.32 Å². The number of nitrogens with one attached hydrogen (secondary N) is 1. The van der Waals surface area contributed by atoms with Gasteiger partial charge in [-0.2, -0.15) is 0 Å². The highest BCUT2D eigenvalue weighted by atomic mass is 19.1. The minimum Gasteiger partial charge on any atom is -0.494 e. The molecule has 2 aromatic carbocycles. The van der Waals surface area contributed by atoms with E-state index in [1.54, 1.807) is 49.5 Å². The average Bonchev–Trinajstić information content (AvgIpc) is 3.23. The normalized spacial score (nSPS) is 10.4. The maximum atomic E-state index is 13.8. The number of halogens is 1. The molecule has 3 aromatic rings. The first-order chi connectivity index (χ1) is 13.5. The summed E-state index contributed by atoms with van der Waals surface area (Å²) >= 11 is 0. The van der Waals surface area contributed by atoms with E-state index in [1.165, 1.54) is 30.4 Å². The predicted octanol–water partition coefficient (Wildman–Crippen LogP) is 3.95. The first-order valence-corrected chi connectivity index (χ1v) is 8.50. The second-order valence-electron chi connectivity index (χ2n) is 6.14. The topological polar surface area (TPSA) is 71.8 Å². The molecule has 0 saturated heterocycles. The van der Waals surface area contributed by atoms with Gasteiger partial charge in [0.25, 0.3) is 11.8 Å². The molecule has 0 fully saturated rings. The number of hydrogen-bond donors (Lipinski definition) is 1. The van der Waals surface area contributed by atoms with Crippen LogP contribution in [0.4, 0.5) is 10.1 Å². The number of amides is 2. The second kappa shape index (κ2) is 8.39. The first-order valence-electron chi connectivity index (χ1n) is 8.50. The fourth-order valence-corrected chi connectivity index (χ4v) is 2.67. The maximum absolute atomic E-state index is 13.8. The molecule has 6 nitrogen and oxygen atoms in total. The molecule has 7 heteroatoms. The van der Waals surface area contributed by atoms with Crippen molar-refractivity contribution in [2.24, 2.45) is 0 Å². The summed E-state index contributed by atoms with van der Waals surface area (Å²) in [5.74, 6) is -0.711. The molecule has 1 aromatic heterocycles. The van der Waals surface area contributed by atoms with Crippen LogP contribution in [0.2, 0.25) is 0 Å². The molecule has 1 heterocycles. The van der Waals surface area contributed by atoms with Crippen molar-refractivity contribution in [1.29, 1.82) is 0 Å². The van der Waals surface area contributed by atoms with Crippen molar-refractivity contribution >= 4 is 17.5 Å². The van der Waals surface area contributed by atoms with Crippen LogP contribution in [-0.2, 0) is 6.54 Å². The number of carbonyl (C=O) groups excluding carboxylic acids is 2. The summed E-state index contributed by atoms with van der Waals surface area (Å²) in [6, 6.07) is 14.3. The summed E-state index contributed by atoms with van der Waals surface area (Å²) in [6.07, 6.45) is 1.42. The average molecular weight is 382 g/mol. The Morgan fingerprint density at radius 3 is 2.50 bits per heavy atom. The van der Waals surface area contributed by atoms with Crippen molar-refractivity contribution in [2.45, 2.75) is 6.54 Å². The molecule has 0 atom stereocenters. The van der Waals surface area contributed by atoms with E-state index in [9.17, 15) is 14.0 Å². The van der Waals surface area contributed by atoms with Gasteiger partial charge in [-0.25, -0.2) is 4.39 Å². The van der Waals surface area contributed by atoms with E-state index in [-0.39, 0.29) is 29.9 Å². The number of ether oxygens (including phenoxy) is 1. The van der Waals surface area contributed by atoms with Crippen molar-refractivity contribution in [2.75, 3.05) is 19.5 Å². The Labute approximate surface area is 161 Å². The summed E-state index contributed by atoms with van der Waals surface area (Å²) in [6.45, 7) is 0.247. The molecule has 0 saturated carbocycles. The maximum Gasteiger partial charge on any atom is 0.291 e. The van der Waals surface area contributed by atoms with Crippen molar-refractivity contribution in [3.05, 3.63) is 83.6 Å². The van der Waals surface area contributed by atoms with E-state index in [4.69, 9.17) is 9.15 Å². The summed E-state index contributed by atoms with van der Waals surface area (Å²) in [7, 11) is 3.03. The van der Waals surface area contributed by atoms with Crippen LogP contribution in [0.1, 0.15) is 26.5 Å². The highest BCUT2D eigenvalue weighted by Crippen LogP contribution is 2.19. The van der Waals surface area contributed by atoms with Gasteiger partial charge < -0.3 is 19.4 Å². The zero-order valence-corrected chi connectivity index (χ0v) is 15.4. The molecular weight excluding hydrogens is 363 g/mol. The minimum absolute atomic E-state index is 0.157. The first kappa shape index (κ1) is 19.2. The molecular formula is C21H19FN2O4. The standard InChI is InChI=1S/C21H19FN2O4/c1-24(13-14-5-10-18(27-2)17(22)12-14)21(26)15-6-8-16(9-7-15)23-20(25)19-4-3-11-28-19/h3-12H,13H2,1-2H3,(H,23,25). The van der Waals surface area contributed by atoms with Gasteiger partial charge in [-0.05, 0) is 54.1 Å². The third-order valence-electron chi connectivity index (χ3n) is 4.12. The van der Waals surface area contributed by atoms with Crippen molar-refractivity contribution in [3.63, 3.8) is 0 Å². The molecule has 0 spiro atoms. The summed E-state index contributed by atoms with van der Waals surface area (Å²) in [4.78, 5) is 26.0. The van der Waals surface area contributed by atoms with E-state index >= 15 is 0 Å². The van der Waals surface area contributed by atoms with Gasteiger partial charge in [0, 0.05) is 24.8 Å². The van der Waals surface area contributed by atoms with E-state index < -0.39 is 5.82 Å². The van der Waals surface area contributed by atoms with Gasteiger partial charge in [0.1, 0.15) is 0 Å². The zero-order chi connectivity index (χ0) is 20.1. The number of rotatable bonds is 6. The Morgan fingerprint density at radius 2 is 1.89 bits per heavy atom. The summed E-state index contributed by atoms with van der Waals surface area (Å²) in [5, 5.41) is 2.69. The van der Waals surface area contributed by atoms with Crippen LogP contribution in [0, 0.1) is 5.82 Å². The van der Waals surface area contributed by atoms with Gasteiger partial charge in [-0.15, -0.1) is 0 Å². The van der Waals surface area contributed by atoms with E-state index in [0.717, 1.165) is 0 Å². The molecule has 0 bridgehead atoms. The van der Waals surface area contributed by atoms with Gasteiger partial charge in [0.05, 0.1) is 13.4 Å². The lowest BCUT2D eigenvalue weighted by molar-refractivity contribution is 0.0785. The van der Waals surface area contributed by atoms with Crippen LogP contribution in [0.15, 0.2) is 65.3 Å². The number of nitrogens with zero attached hydrogens (tertiary/aromatic N) is 1. The van der Waals surface area contributed by atoms with Gasteiger partial charge in [0.2, 0.25) is 0 Å². The summed E-state index contributed by atoms with van der Waals surface area (Å²) < 4.78 is 23.7. The molecule has 3 rings (SSSR count). The van der Waals surface area contributed by atoms with Crippen LogP contribution in [-0.4, -0.2) is 30.9 Å². The Morgan fingerprint density at radius 1 is 1.14 bits per heavy atom. The van der Waals surface area contributed by atoms with E-state index in [1.807, 2.05) is 0 Å². The molecule has 1 N–H and O–H groups in total. The Balaban J connectivity index is 1.63. The zero-order valence-electron chi connectivity index (χ0n) is 15.4. The number of hydrogen-bond acceptors (Lipinski definition) is 4. The SMILES string of the molecule is COc1ccc(CN(C)C(=O)c2ccc(NC(=O)c3ccco3)cc2)cc1F. The smallest absolute Gasteiger partial charge is 0.291 e. The quantitative estimate of drug-likeness (QED) is 0.701. The molecule has 28 heavy (non-hydrogen) atoms. The fourth-order valence-electron chi connectivity index (χ4n) is 2.67. The number of benzene rings is 2. The predicted molar refractivity (Wildman–Crippen MR) is 102 cm³/mol. The molecule has 0 aliphatic rings. The number of furan rings is 1. The second-order valence-corrected chi connectivity index (χ2v) is 6.14. The van der Waals surface area contributed by atoms with Crippen molar-refractivity contribution in [3.8, 4) is 5.75 Å². The molecule has 144 valence electrons. The Hall–Kier alpha value is -3.61. The van der Waals surface area contributed by atoms with Gasteiger partial charge in [-0.1, -0.05) is 6.07 Å². The molecule has 0 aliphatic heterocycles. The molecule has 0 aliphatic carbocycles. The largest absolute Gasteiger partial charge is 0.494 e. The highest BCUT2D eigenvalue weighted by molar-refractivity contribution is 6.02. The number of carbonyl (C=O) groups is 2. The van der Waals surface area contributed by atoms with Crippen LogP contribution in [0.3, 0.4) is 0 Å². The molecule has 0 unspecified atom stereocenters. The van der Waals surface area contributed by atoms with Gasteiger partial charge in [-0.3, -0.25) is 9.59 Å².